The zero-order valence-electron chi connectivity index (χ0n) is 17.3. The summed E-state index contributed by atoms with van der Waals surface area (Å²) in [6.07, 6.45) is 8.31. The first-order valence-electron chi connectivity index (χ1n) is 9.62. The maximum Gasteiger partial charge on any atom is 0.418 e. The predicted molar refractivity (Wildman–Crippen MR) is 110 cm³/mol. The number of halogens is 3. The highest BCUT2D eigenvalue weighted by atomic mass is 19.4. The van der Waals surface area contributed by atoms with E-state index in [-0.39, 0.29) is 11.8 Å². The van der Waals surface area contributed by atoms with Crippen molar-refractivity contribution >= 4 is 11.7 Å². The molecular formula is C22H27F3N2O3. The number of hydrogen-bond donors (Lipinski definition) is 2. The van der Waals surface area contributed by atoms with Gasteiger partial charge in [0.15, 0.2) is 5.79 Å². The molecule has 2 amide bonds. The maximum atomic E-state index is 12.4. The summed E-state index contributed by atoms with van der Waals surface area (Å²) in [5.41, 5.74) is 0.148. The van der Waals surface area contributed by atoms with Crippen LogP contribution in [0.2, 0.25) is 0 Å². The quantitative estimate of drug-likeness (QED) is 0.666. The number of nitrogens with one attached hydrogen (secondary N) is 2. The van der Waals surface area contributed by atoms with Gasteiger partial charge in [-0.2, -0.15) is 13.2 Å². The van der Waals surface area contributed by atoms with Gasteiger partial charge in [-0.25, -0.2) is 4.79 Å². The Kier molecular flexibility index (Phi) is 8.25. The number of urea groups is 1. The molecule has 2 aliphatic rings. The molecule has 30 heavy (non-hydrogen) atoms. The number of carbonyl (C=O) groups excluding carboxylic acids is 1. The summed E-state index contributed by atoms with van der Waals surface area (Å²) in [6, 6.07) is 4.09. The van der Waals surface area contributed by atoms with Gasteiger partial charge in [-0.15, -0.1) is 0 Å². The van der Waals surface area contributed by atoms with Crippen LogP contribution in [0.5, 0.6) is 0 Å². The minimum absolute atomic E-state index is 0.185. The van der Waals surface area contributed by atoms with Crippen LogP contribution in [0, 0.1) is 0 Å². The van der Waals surface area contributed by atoms with Gasteiger partial charge in [-0.05, 0) is 38.0 Å². The molecule has 1 atom stereocenters. The average Bonchev–Trinajstić information content (AvgIpc) is 2.97. The molecule has 1 aliphatic heterocycles. The Morgan fingerprint density at radius 1 is 1.20 bits per heavy atom. The van der Waals surface area contributed by atoms with Crippen LogP contribution in [-0.2, 0) is 15.7 Å². The molecule has 1 saturated heterocycles. The fraction of sp³-hybridized carbons (Fsp3) is 0.409. The third-order valence-corrected chi connectivity index (χ3v) is 4.36. The molecule has 1 aliphatic carbocycles. The largest absolute Gasteiger partial charge is 0.418 e. The summed E-state index contributed by atoms with van der Waals surface area (Å²) in [6.45, 7) is 4.72. The van der Waals surface area contributed by atoms with Crippen LogP contribution in [-0.4, -0.2) is 31.6 Å². The summed E-state index contributed by atoms with van der Waals surface area (Å²) in [7, 11) is 1.32. The first-order valence-corrected chi connectivity index (χ1v) is 9.62. The molecule has 8 heteroatoms. The molecule has 0 spiro atoms. The Balaban J connectivity index is 0.000000214. The molecule has 1 unspecified atom stereocenters. The number of ether oxygens (including phenoxy) is 2. The van der Waals surface area contributed by atoms with Crippen molar-refractivity contribution in [2.45, 2.75) is 44.8 Å². The number of benzene rings is 1. The average molecular weight is 424 g/mol. The normalized spacial score (nSPS) is 20.3. The van der Waals surface area contributed by atoms with Crippen LogP contribution in [0.4, 0.5) is 23.7 Å². The topological polar surface area (TPSA) is 59.6 Å². The van der Waals surface area contributed by atoms with Crippen molar-refractivity contribution in [3.63, 3.8) is 0 Å². The smallest absolute Gasteiger partial charge is 0.350 e. The Bertz CT molecular complexity index is 814. The maximum absolute atomic E-state index is 12.4. The molecule has 0 bridgehead atoms. The fourth-order valence-electron chi connectivity index (χ4n) is 2.94. The lowest BCUT2D eigenvalue weighted by molar-refractivity contribution is -0.264. The molecule has 1 heterocycles. The van der Waals surface area contributed by atoms with Crippen LogP contribution >= 0.6 is 0 Å². The minimum atomic E-state index is -4.47. The summed E-state index contributed by atoms with van der Waals surface area (Å²) >= 11 is 0. The first kappa shape index (κ1) is 23.7. The van der Waals surface area contributed by atoms with Crippen LogP contribution < -0.4 is 10.6 Å². The number of alkyl halides is 3. The molecule has 1 fully saturated rings. The van der Waals surface area contributed by atoms with E-state index in [1.807, 2.05) is 13.8 Å². The lowest BCUT2D eigenvalue weighted by Crippen LogP contribution is -2.40. The minimum Gasteiger partial charge on any atom is -0.350 e. The van der Waals surface area contributed by atoms with Gasteiger partial charge in [-0.1, -0.05) is 42.5 Å². The molecular weight excluding hydrogens is 397 g/mol. The SMILES string of the molecule is CC1(C)OCCC(C2=CCC=CC=C2)O1.CNC(=O)Nc1ccccc1C(F)(F)F. The second-order valence-corrected chi connectivity index (χ2v) is 7.12. The fourth-order valence-corrected chi connectivity index (χ4v) is 2.94. The third-order valence-electron chi connectivity index (χ3n) is 4.36. The highest BCUT2D eigenvalue weighted by Gasteiger charge is 2.33. The Hall–Kier alpha value is -2.58. The van der Waals surface area contributed by atoms with Crippen molar-refractivity contribution in [3.05, 3.63) is 65.8 Å². The molecule has 0 aromatic heterocycles. The van der Waals surface area contributed by atoms with Crippen LogP contribution in [0.1, 0.15) is 32.3 Å². The molecule has 2 N–H and O–H groups in total. The molecule has 1 aromatic carbocycles. The van der Waals surface area contributed by atoms with Crippen molar-refractivity contribution in [3.8, 4) is 0 Å². The number of amides is 2. The molecule has 0 radical (unpaired) electrons. The van der Waals surface area contributed by atoms with Crippen LogP contribution in [0.3, 0.4) is 0 Å². The standard InChI is InChI=1S/C13H18O2.C9H9F3N2O/c1-13(2)14-10-9-12(15-13)11-7-5-3-4-6-8-11;1-13-8(15)14-7-5-3-2-4-6(7)9(10,11)12/h3-5,7-8,12H,6,9-10H2,1-2H3;2-5H,1H3,(H2,13,14,15). The van der Waals surface area contributed by atoms with Gasteiger partial charge < -0.3 is 20.1 Å². The second kappa shape index (κ2) is 10.4. The Morgan fingerprint density at radius 2 is 1.93 bits per heavy atom. The van der Waals surface area contributed by atoms with Gasteiger partial charge in [0, 0.05) is 13.5 Å². The van der Waals surface area contributed by atoms with Crippen molar-refractivity contribution in [1.82, 2.24) is 5.32 Å². The van der Waals surface area contributed by atoms with Crippen molar-refractivity contribution in [2.75, 3.05) is 19.0 Å². The number of allylic oxidation sites excluding steroid dienone is 4. The summed E-state index contributed by atoms with van der Waals surface area (Å²) < 4.78 is 48.7. The third kappa shape index (κ3) is 7.35. The number of para-hydroxylation sites is 1. The molecule has 1 aromatic rings. The highest BCUT2D eigenvalue weighted by Crippen LogP contribution is 2.34. The van der Waals surface area contributed by atoms with Gasteiger partial charge in [0.2, 0.25) is 0 Å². The van der Waals surface area contributed by atoms with Crippen molar-refractivity contribution < 1.29 is 27.4 Å². The monoisotopic (exact) mass is 424 g/mol. The van der Waals surface area contributed by atoms with E-state index in [0.29, 0.717) is 0 Å². The summed E-state index contributed by atoms with van der Waals surface area (Å²) in [5, 5.41) is 4.27. The Labute approximate surface area is 174 Å². The number of anilines is 1. The molecule has 3 rings (SSSR count). The lowest BCUT2D eigenvalue weighted by atomic mass is 10.0. The van der Waals surface area contributed by atoms with E-state index in [9.17, 15) is 18.0 Å². The van der Waals surface area contributed by atoms with Crippen LogP contribution in [0.25, 0.3) is 0 Å². The molecule has 5 nitrogen and oxygen atoms in total. The number of carbonyl (C=O) groups is 1. The lowest BCUT2D eigenvalue weighted by Gasteiger charge is -2.36. The summed E-state index contributed by atoms with van der Waals surface area (Å²) in [5.74, 6) is -0.447. The van der Waals surface area contributed by atoms with E-state index in [4.69, 9.17) is 9.47 Å². The van der Waals surface area contributed by atoms with Gasteiger partial charge in [0.05, 0.1) is 24.0 Å². The van der Waals surface area contributed by atoms with E-state index < -0.39 is 23.6 Å². The van der Waals surface area contributed by atoms with E-state index in [1.165, 1.54) is 30.8 Å². The van der Waals surface area contributed by atoms with E-state index in [2.05, 4.69) is 41.0 Å². The zero-order valence-corrected chi connectivity index (χ0v) is 17.3. The van der Waals surface area contributed by atoms with Crippen LogP contribution in [0.15, 0.2) is 60.2 Å². The van der Waals surface area contributed by atoms with E-state index in [0.717, 1.165) is 25.5 Å². The number of hydrogen-bond acceptors (Lipinski definition) is 3. The van der Waals surface area contributed by atoms with E-state index >= 15 is 0 Å². The Morgan fingerprint density at radius 3 is 2.60 bits per heavy atom. The zero-order chi connectivity index (χ0) is 22.2. The molecule has 0 saturated carbocycles. The first-order chi connectivity index (χ1) is 14.1. The van der Waals surface area contributed by atoms with Crippen molar-refractivity contribution in [2.24, 2.45) is 0 Å². The van der Waals surface area contributed by atoms with Gasteiger partial charge in [0.1, 0.15) is 0 Å². The van der Waals surface area contributed by atoms with Gasteiger partial charge in [-0.3, -0.25) is 0 Å². The highest BCUT2D eigenvalue weighted by molar-refractivity contribution is 5.89. The van der Waals surface area contributed by atoms with Crippen molar-refractivity contribution in [1.29, 1.82) is 0 Å². The predicted octanol–water partition coefficient (Wildman–Crippen LogP) is 5.43. The van der Waals surface area contributed by atoms with E-state index in [1.54, 1.807) is 0 Å². The second-order valence-electron chi connectivity index (χ2n) is 7.12. The number of rotatable bonds is 2. The van der Waals surface area contributed by atoms with Gasteiger partial charge in [0.25, 0.3) is 0 Å². The molecule has 164 valence electrons. The van der Waals surface area contributed by atoms with Gasteiger partial charge >= 0.3 is 12.2 Å². The summed E-state index contributed by atoms with van der Waals surface area (Å²) in [4.78, 5) is 10.9.